The van der Waals surface area contributed by atoms with Gasteiger partial charge in [-0.3, -0.25) is 0 Å². The van der Waals surface area contributed by atoms with E-state index in [2.05, 4.69) is 29.7 Å². The van der Waals surface area contributed by atoms with E-state index < -0.39 is 0 Å². The average molecular weight is 483 g/mol. The maximum absolute atomic E-state index is 6.01. The number of nitrogens with zero attached hydrogens (tertiary/aromatic N) is 2. The number of piperazine rings is 1. The van der Waals surface area contributed by atoms with E-state index in [9.17, 15) is 0 Å². The predicted molar refractivity (Wildman–Crippen MR) is 78.3 cm³/mol. The first-order valence-corrected chi connectivity index (χ1v) is 6.65. The molecule has 1 aromatic carbocycles. The van der Waals surface area contributed by atoms with E-state index in [1.54, 1.807) is 0 Å². The summed E-state index contributed by atoms with van der Waals surface area (Å²) in [6, 6.07) is 8.10. The molecular weight excluding hydrogens is 460 g/mol. The first-order valence-electron chi connectivity index (χ1n) is 6.65. The molecule has 1 aromatic rings. The van der Waals surface area contributed by atoms with E-state index in [-0.39, 0.29) is 31.1 Å². The van der Waals surface area contributed by atoms with Crippen molar-refractivity contribution in [2.75, 3.05) is 43.4 Å². The molecule has 1 atom stereocenters. The van der Waals surface area contributed by atoms with Crippen molar-refractivity contribution in [2.24, 2.45) is 5.92 Å². The van der Waals surface area contributed by atoms with Gasteiger partial charge in [-0.2, -0.15) is 5.92 Å². The van der Waals surface area contributed by atoms with Gasteiger partial charge in [0, 0.05) is 26.2 Å². The number of rotatable bonds is 4. The molecule has 2 rings (SSSR count). The molecule has 1 aliphatic heterocycles. The van der Waals surface area contributed by atoms with Crippen LogP contribution in [0.2, 0.25) is 0 Å². The van der Waals surface area contributed by atoms with Crippen LogP contribution >= 0.6 is 0 Å². The Balaban J connectivity index is 0.00000180. The van der Waals surface area contributed by atoms with E-state index in [1.165, 1.54) is 5.69 Å². The van der Waals surface area contributed by atoms with Crippen molar-refractivity contribution in [1.82, 2.24) is 4.90 Å². The van der Waals surface area contributed by atoms with Gasteiger partial charge in [0.05, 0.1) is 11.4 Å². The van der Waals surface area contributed by atoms with Crippen LogP contribution in [0.5, 0.6) is 0 Å². The predicted octanol–water partition coefficient (Wildman–Crippen LogP) is 2.07. The maximum atomic E-state index is 6.01. The summed E-state index contributed by atoms with van der Waals surface area (Å²) in [4.78, 5) is 4.84. The topological polar surface area (TPSA) is 32.5 Å². The average Bonchev–Trinajstić information content (AvgIpc) is 2.40. The van der Waals surface area contributed by atoms with Crippen LogP contribution in [0.15, 0.2) is 24.3 Å². The van der Waals surface area contributed by atoms with Crippen molar-refractivity contribution >= 4 is 11.4 Å². The van der Waals surface area contributed by atoms with Crippen molar-refractivity contribution in [3.63, 3.8) is 0 Å². The van der Waals surface area contributed by atoms with Crippen molar-refractivity contribution < 1.29 is 31.1 Å². The van der Waals surface area contributed by atoms with Crippen LogP contribution in [-0.2, 0) is 0 Å². The van der Waals surface area contributed by atoms with Crippen LogP contribution in [0.1, 0.15) is 6.42 Å². The van der Waals surface area contributed by atoms with Crippen LogP contribution in [0.4, 0.5) is 11.4 Å². The Hall–Kier alpha value is -0.168. The first kappa shape index (κ1) is 16.9. The van der Waals surface area contributed by atoms with Crippen molar-refractivity contribution in [2.45, 2.75) is 6.42 Å². The quantitative estimate of drug-likeness (QED) is 0.526. The smallest absolute Gasteiger partial charge is 0.397 e. The van der Waals surface area contributed by atoms with Gasteiger partial charge >= 0.3 is 31.1 Å². The van der Waals surface area contributed by atoms with Crippen LogP contribution in [0, 0.1) is 50.9 Å². The minimum atomic E-state index is 0. The molecule has 0 saturated carbocycles. The molecule has 0 spiro atoms. The third kappa shape index (κ3) is 4.70. The molecule has 1 saturated heterocycles. The zero-order chi connectivity index (χ0) is 13.0. The van der Waals surface area contributed by atoms with Gasteiger partial charge in [0.1, 0.15) is 0 Å². The van der Waals surface area contributed by atoms with Crippen LogP contribution < -0.4 is 10.6 Å². The molecule has 3 nitrogen and oxygen atoms in total. The van der Waals surface area contributed by atoms with E-state index >= 15 is 0 Å². The number of hydrogen-bond donors (Lipinski definition) is 1. The second-order valence-corrected chi connectivity index (χ2v) is 5.00. The van der Waals surface area contributed by atoms with Gasteiger partial charge in [0.2, 0.25) is 0 Å². The summed E-state index contributed by atoms with van der Waals surface area (Å²) >= 11 is 0. The van der Waals surface area contributed by atoms with Crippen LogP contribution in [-0.4, -0.2) is 37.6 Å². The minimum absolute atomic E-state index is 0. The normalized spacial score (nSPS) is 17.9. The summed E-state index contributed by atoms with van der Waals surface area (Å²) < 4.78 is 0. The first-order chi connectivity index (χ1) is 8.70. The molecule has 102 valence electrons. The summed E-state index contributed by atoms with van der Waals surface area (Å²) in [5, 5.41) is 0. The molecule has 2 N–H and O–H groups in total. The van der Waals surface area contributed by atoms with Gasteiger partial charge in [-0.05, 0) is 18.7 Å². The van der Waals surface area contributed by atoms with Gasteiger partial charge in [-0.1, -0.05) is 12.1 Å². The fraction of sp³-hybridized carbons (Fsp3) is 0.467. The molecular formula is C15H23N3U. The Bertz CT molecular complexity index is 375. The van der Waals surface area contributed by atoms with Crippen molar-refractivity contribution in [3.05, 3.63) is 38.1 Å². The van der Waals surface area contributed by atoms with E-state index in [0.29, 0.717) is 5.92 Å². The number of nitrogens with two attached hydrogens (primary N) is 1. The Morgan fingerprint density at radius 2 is 1.79 bits per heavy atom. The number of nitrogen functional groups attached to an aromatic ring is 1. The molecule has 1 heterocycles. The molecule has 1 unspecified atom stereocenters. The molecule has 1 fully saturated rings. The SMILES string of the molecule is [CH2-]CC([CH2-])CN1CCN(c2ccccc2N)CC1.[U+2]. The number of benzene rings is 1. The fourth-order valence-corrected chi connectivity index (χ4v) is 2.40. The minimum Gasteiger partial charge on any atom is -0.397 e. The monoisotopic (exact) mass is 483 g/mol. The van der Waals surface area contributed by atoms with E-state index in [1.807, 2.05) is 18.2 Å². The summed E-state index contributed by atoms with van der Waals surface area (Å²) in [6.45, 7) is 13.3. The second kappa shape index (κ2) is 8.19. The Morgan fingerprint density at radius 3 is 2.37 bits per heavy atom. The van der Waals surface area contributed by atoms with E-state index in [4.69, 9.17) is 5.73 Å². The Morgan fingerprint density at radius 1 is 1.16 bits per heavy atom. The Labute approximate surface area is 140 Å². The largest absolute Gasteiger partial charge is 2.00 e. The van der Waals surface area contributed by atoms with Gasteiger partial charge in [0.25, 0.3) is 0 Å². The molecule has 4 heteroatoms. The van der Waals surface area contributed by atoms with Crippen molar-refractivity contribution in [1.29, 1.82) is 0 Å². The standard InChI is InChI=1S/C15H23N3.U/c1-3-13(2)12-17-8-10-18(11-9-17)15-7-5-4-6-14(15)16;/h4-7,13H,1-3,8-12,16H2;/q-2;+2. The number of hydrogen-bond acceptors (Lipinski definition) is 3. The molecule has 0 amide bonds. The molecule has 0 radical (unpaired) electrons. The number of anilines is 2. The van der Waals surface area contributed by atoms with Crippen molar-refractivity contribution in [3.8, 4) is 0 Å². The van der Waals surface area contributed by atoms with Gasteiger partial charge in [-0.15, -0.1) is 0 Å². The van der Waals surface area contributed by atoms with Gasteiger partial charge < -0.3 is 29.4 Å². The molecule has 1 aliphatic rings. The third-order valence-corrected chi connectivity index (χ3v) is 3.57. The summed E-state index contributed by atoms with van der Waals surface area (Å²) in [5.41, 5.74) is 8.06. The third-order valence-electron chi connectivity index (χ3n) is 3.57. The molecule has 0 bridgehead atoms. The molecule has 19 heavy (non-hydrogen) atoms. The molecule has 0 aliphatic carbocycles. The maximum Gasteiger partial charge on any atom is 2.00 e. The Kier molecular flexibility index (Phi) is 7.28. The fourth-order valence-electron chi connectivity index (χ4n) is 2.40. The van der Waals surface area contributed by atoms with Gasteiger partial charge in [0.15, 0.2) is 0 Å². The van der Waals surface area contributed by atoms with Crippen LogP contribution in [0.25, 0.3) is 0 Å². The summed E-state index contributed by atoms with van der Waals surface area (Å²) in [5.74, 6) is 0.443. The van der Waals surface area contributed by atoms with Crippen LogP contribution in [0.3, 0.4) is 0 Å². The number of para-hydroxylation sites is 2. The zero-order valence-electron chi connectivity index (χ0n) is 11.5. The molecule has 0 aromatic heterocycles. The van der Waals surface area contributed by atoms with E-state index in [0.717, 1.165) is 44.8 Å². The second-order valence-electron chi connectivity index (χ2n) is 5.00. The van der Waals surface area contributed by atoms with Gasteiger partial charge in [-0.25, -0.2) is 6.42 Å². The zero-order valence-corrected chi connectivity index (χ0v) is 15.7. The summed E-state index contributed by atoms with van der Waals surface area (Å²) in [7, 11) is 0. The summed E-state index contributed by atoms with van der Waals surface area (Å²) in [6.07, 6.45) is 0.909.